The summed E-state index contributed by atoms with van der Waals surface area (Å²) in [4.78, 5) is 16.8. The van der Waals surface area contributed by atoms with Crippen molar-refractivity contribution in [2.45, 2.75) is 32.7 Å². The Balaban J connectivity index is 1.57. The third kappa shape index (κ3) is 5.91. The third-order valence-electron chi connectivity index (χ3n) is 5.12. The minimum Gasteiger partial charge on any atom is -0.493 e. The second-order valence-electron chi connectivity index (χ2n) is 7.80. The van der Waals surface area contributed by atoms with E-state index in [9.17, 15) is 18.0 Å². The Morgan fingerprint density at radius 1 is 1.00 bits per heavy atom. The highest BCUT2D eigenvalue weighted by atomic mass is 19.4. The van der Waals surface area contributed by atoms with E-state index in [2.05, 4.69) is 4.90 Å². The Kier molecular flexibility index (Phi) is 7.10. The van der Waals surface area contributed by atoms with Gasteiger partial charge in [-0.3, -0.25) is 9.69 Å². The predicted molar refractivity (Wildman–Crippen MR) is 111 cm³/mol. The van der Waals surface area contributed by atoms with Crippen LogP contribution in [0.1, 0.15) is 35.3 Å². The van der Waals surface area contributed by atoms with Gasteiger partial charge in [0.25, 0.3) is 5.91 Å². The molecule has 2 aromatic carbocycles. The molecular formula is C23H27F3N2O3. The summed E-state index contributed by atoms with van der Waals surface area (Å²) in [5, 5.41) is 0. The largest absolute Gasteiger partial charge is 0.493 e. The minimum atomic E-state index is -4.33. The van der Waals surface area contributed by atoms with Gasteiger partial charge in [-0.2, -0.15) is 13.2 Å². The van der Waals surface area contributed by atoms with Crippen molar-refractivity contribution in [2.75, 3.05) is 33.3 Å². The van der Waals surface area contributed by atoms with Crippen molar-refractivity contribution < 1.29 is 27.4 Å². The zero-order valence-electron chi connectivity index (χ0n) is 17.9. The molecule has 0 spiro atoms. The second-order valence-corrected chi connectivity index (χ2v) is 7.80. The molecule has 1 aliphatic rings. The smallest absolute Gasteiger partial charge is 0.416 e. The first-order chi connectivity index (χ1) is 14.7. The van der Waals surface area contributed by atoms with Crippen molar-refractivity contribution in [3.8, 4) is 11.5 Å². The van der Waals surface area contributed by atoms with Gasteiger partial charge < -0.3 is 14.4 Å². The average Bonchev–Trinajstić information content (AvgIpc) is 2.73. The molecule has 0 radical (unpaired) electrons. The van der Waals surface area contributed by atoms with E-state index in [4.69, 9.17) is 9.47 Å². The third-order valence-corrected chi connectivity index (χ3v) is 5.12. The summed E-state index contributed by atoms with van der Waals surface area (Å²) in [6.07, 6.45) is -4.33. The normalized spacial score (nSPS) is 15.3. The lowest BCUT2D eigenvalue weighted by Gasteiger charge is -2.35. The molecule has 1 fully saturated rings. The quantitative estimate of drug-likeness (QED) is 0.671. The fourth-order valence-corrected chi connectivity index (χ4v) is 3.50. The second kappa shape index (κ2) is 9.60. The molecule has 2 aromatic rings. The highest BCUT2D eigenvalue weighted by Gasteiger charge is 2.30. The number of alkyl halides is 3. The number of ether oxygens (including phenoxy) is 2. The molecule has 0 aliphatic carbocycles. The lowest BCUT2D eigenvalue weighted by atomic mass is 10.1. The number of rotatable bonds is 6. The van der Waals surface area contributed by atoms with Crippen molar-refractivity contribution in [3.63, 3.8) is 0 Å². The molecule has 0 atom stereocenters. The van der Waals surface area contributed by atoms with E-state index < -0.39 is 11.7 Å². The molecule has 168 valence electrons. The minimum absolute atomic E-state index is 0.00630. The van der Waals surface area contributed by atoms with Crippen LogP contribution in [0, 0.1) is 0 Å². The van der Waals surface area contributed by atoms with E-state index in [1.54, 1.807) is 23.1 Å². The summed E-state index contributed by atoms with van der Waals surface area (Å²) < 4.78 is 49.2. The lowest BCUT2D eigenvalue weighted by Crippen LogP contribution is -2.48. The van der Waals surface area contributed by atoms with Crippen LogP contribution < -0.4 is 9.47 Å². The lowest BCUT2D eigenvalue weighted by molar-refractivity contribution is -0.137. The van der Waals surface area contributed by atoms with Gasteiger partial charge in [0, 0.05) is 38.3 Å². The van der Waals surface area contributed by atoms with Gasteiger partial charge in [0.1, 0.15) is 0 Å². The number of methoxy groups -OCH3 is 1. The summed E-state index contributed by atoms with van der Waals surface area (Å²) in [5.41, 5.74) is 0.703. The Labute approximate surface area is 180 Å². The molecule has 1 aliphatic heterocycles. The summed E-state index contributed by atoms with van der Waals surface area (Å²) in [6, 6.07) is 10.4. The van der Waals surface area contributed by atoms with Gasteiger partial charge in [0.2, 0.25) is 0 Å². The molecule has 1 amide bonds. The number of carbonyl (C=O) groups is 1. The number of nitrogens with zero attached hydrogens (tertiary/aromatic N) is 2. The fourth-order valence-electron chi connectivity index (χ4n) is 3.50. The number of piperazine rings is 1. The van der Waals surface area contributed by atoms with Crippen molar-refractivity contribution >= 4 is 5.91 Å². The molecule has 1 heterocycles. The monoisotopic (exact) mass is 436 g/mol. The first kappa shape index (κ1) is 22.9. The molecule has 5 nitrogen and oxygen atoms in total. The number of hydrogen-bond donors (Lipinski definition) is 0. The van der Waals surface area contributed by atoms with Gasteiger partial charge in [-0.25, -0.2) is 0 Å². The van der Waals surface area contributed by atoms with E-state index in [0.717, 1.165) is 17.7 Å². The van der Waals surface area contributed by atoms with Crippen LogP contribution in [0.5, 0.6) is 11.5 Å². The number of carbonyl (C=O) groups excluding carboxylic acids is 1. The summed E-state index contributed by atoms with van der Waals surface area (Å²) >= 11 is 0. The van der Waals surface area contributed by atoms with Gasteiger partial charge in [-0.15, -0.1) is 0 Å². The maximum atomic E-state index is 12.9. The van der Waals surface area contributed by atoms with Gasteiger partial charge in [0.05, 0.1) is 18.8 Å². The SMILES string of the molecule is COc1cc(C(=O)N2CCN(Cc3ccc(C(F)(F)F)cc3)CC2)ccc1OC(C)C. The van der Waals surface area contributed by atoms with Gasteiger partial charge in [0.15, 0.2) is 11.5 Å². The number of amides is 1. The summed E-state index contributed by atoms with van der Waals surface area (Å²) in [6.45, 7) is 6.79. The zero-order valence-corrected chi connectivity index (χ0v) is 17.9. The van der Waals surface area contributed by atoms with E-state index >= 15 is 0 Å². The van der Waals surface area contributed by atoms with Crippen LogP contribution in [0.4, 0.5) is 13.2 Å². The van der Waals surface area contributed by atoms with Crippen LogP contribution in [0.25, 0.3) is 0 Å². The topological polar surface area (TPSA) is 42.0 Å². The first-order valence-electron chi connectivity index (χ1n) is 10.2. The molecule has 0 bridgehead atoms. The molecule has 0 saturated carbocycles. The standard InChI is InChI=1S/C23H27F3N2O3/c1-16(2)31-20-9-6-18(14-21(20)30-3)22(29)28-12-10-27(11-13-28)15-17-4-7-19(8-5-17)23(24,25)26/h4-9,14,16H,10-13,15H2,1-3H3. The number of hydrogen-bond acceptors (Lipinski definition) is 4. The summed E-state index contributed by atoms with van der Waals surface area (Å²) in [7, 11) is 1.54. The fraction of sp³-hybridized carbons (Fsp3) is 0.435. The van der Waals surface area contributed by atoms with Crippen LogP contribution >= 0.6 is 0 Å². The van der Waals surface area contributed by atoms with Crippen LogP contribution in [0.3, 0.4) is 0 Å². The Bertz CT molecular complexity index is 890. The molecule has 0 N–H and O–H groups in total. The summed E-state index contributed by atoms with van der Waals surface area (Å²) in [5.74, 6) is 1.03. The van der Waals surface area contributed by atoms with Crippen molar-refractivity contribution in [2.24, 2.45) is 0 Å². The molecule has 0 unspecified atom stereocenters. The highest BCUT2D eigenvalue weighted by molar-refractivity contribution is 5.95. The van der Waals surface area contributed by atoms with Crippen molar-refractivity contribution in [3.05, 3.63) is 59.2 Å². The van der Waals surface area contributed by atoms with Crippen molar-refractivity contribution in [1.29, 1.82) is 0 Å². The molecule has 3 rings (SSSR count). The Morgan fingerprint density at radius 3 is 2.19 bits per heavy atom. The van der Waals surface area contributed by atoms with E-state index in [1.165, 1.54) is 19.2 Å². The molecule has 8 heteroatoms. The number of benzene rings is 2. The van der Waals surface area contributed by atoms with Crippen LogP contribution in [-0.4, -0.2) is 55.1 Å². The predicted octanol–water partition coefficient (Wildman–Crippen LogP) is 4.46. The van der Waals surface area contributed by atoms with E-state index in [0.29, 0.717) is 49.8 Å². The van der Waals surface area contributed by atoms with Crippen LogP contribution in [-0.2, 0) is 12.7 Å². The van der Waals surface area contributed by atoms with Crippen LogP contribution in [0.2, 0.25) is 0 Å². The average molecular weight is 436 g/mol. The van der Waals surface area contributed by atoms with E-state index in [1.807, 2.05) is 13.8 Å². The zero-order chi connectivity index (χ0) is 22.6. The van der Waals surface area contributed by atoms with Crippen molar-refractivity contribution in [1.82, 2.24) is 9.80 Å². The molecule has 31 heavy (non-hydrogen) atoms. The Morgan fingerprint density at radius 2 is 1.65 bits per heavy atom. The first-order valence-corrected chi connectivity index (χ1v) is 10.2. The maximum Gasteiger partial charge on any atom is 0.416 e. The van der Waals surface area contributed by atoms with Gasteiger partial charge >= 0.3 is 6.18 Å². The molecule has 0 aromatic heterocycles. The Hall–Kier alpha value is -2.74. The van der Waals surface area contributed by atoms with Crippen LogP contribution in [0.15, 0.2) is 42.5 Å². The maximum absolute atomic E-state index is 12.9. The highest BCUT2D eigenvalue weighted by Crippen LogP contribution is 2.30. The molecule has 1 saturated heterocycles. The van der Waals surface area contributed by atoms with E-state index in [-0.39, 0.29) is 12.0 Å². The number of halogens is 3. The van der Waals surface area contributed by atoms with Gasteiger partial charge in [-0.1, -0.05) is 12.1 Å². The molecular weight excluding hydrogens is 409 g/mol. The van der Waals surface area contributed by atoms with Gasteiger partial charge in [-0.05, 0) is 49.7 Å².